The van der Waals surface area contributed by atoms with Crippen molar-refractivity contribution in [2.75, 3.05) is 44.4 Å². The predicted molar refractivity (Wildman–Crippen MR) is 223 cm³/mol. The van der Waals surface area contributed by atoms with Crippen molar-refractivity contribution >= 4 is 69.3 Å². The summed E-state index contributed by atoms with van der Waals surface area (Å²) in [5, 5.41) is 17.6. The average Bonchev–Trinajstić information content (AvgIpc) is 3.52. The third-order valence-electron chi connectivity index (χ3n) is 10.3. The summed E-state index contributed by atoms with van der Waals surface area (Å²) in [6.45, 7) is 0.545. The lowest BCUT2D eigenvalue weighted by atomic mass is 9.98. The second-order valence-electron chi connectivity index (χ2n) is 14.1. The van der Waals surface area contributed by atoms with Crippen LogP contribution in [0.25, 0.3) is 22.0 Å². The van der Waals surface area contributed by atoms with Crippen LogP contribution in [0.1, 0.15) is 67.1 Å². The Morgan fingerprint density at radius 1 is 0.850 bits per heavy atom. The van der Waals surface area contributed by atoms with Crippen LogP contribution < -0.4 is 36.6 Å². The van der Waals surface area contributed by atoms with E-state index in [2.05, 4.69) is 36.9 Å². The standard InChI is InChI=1S/C44H42N8O8/c1-45-41(56)31-23-48-33-22-35(60-2)29(21-30(33)39(31)50-27-9-4-3-5-10-27)25-13-15-26(16-14-25)40(55)47-20-7-6-19-46-37(54)24-49-32-12-8-11-28-38(32)44(59)52(43(28)58)34-17-18-36(53)51-42(34)57/h3-5,8-16,21-23,34,49H,6-7,17-20,24H2,1-2H3,(H,45,56)(H,46,54)(H,47,55)(H,48,50)(H,51,53,57). The number of hydrogen-bond acceptors (Lipinski definition) is 11. The molecule has 0 saturated carbocycles. The summed E-state index contributed by atoms with van der Waals surface area (Å²) in [5.41, 5.74) is 4.85. The van der Waals surface area contributed by atoms with Crippen molar-refractivity contribution in [1.29, 1.82) is 0 Å². The van der Waals surface area contributed by atoms with Gasteiger partial charge in [-0.1, -0.05) is 36.4 Å². The number of pyridine rings is 1. The van der Waals surface area contributed by atoms with E-state index in [4.69, 9.17) is 4.74 Å². The summed E-state index contributed by atoms with van der Waals surface area (Å²) in [7, 11) is 3.14. The van der Waals surface area contributed by atoms with Crippen molar-refractivity contribution < 1.29 is 38.3 Å². The minimum atomic E-state index is -1.09. The van der Waals surface area contributed by atoms with Crippen LogP contribution in [0.5, 0.6) is 5.75 Å². The molecular weight excluding hydrogens is 769 g/mol. The highest BCUT2D eigenvalue weighted by Gasteiger charge is 2.45. The van der Waals surface area contributed by atoms with Gasteiger partial charge >= 0.3 is 0 Å². The monoisotopic (exact) mass is 810 g/mol. The lowest BCUT2D eigenvalue weighted by Gasteiger charge is -2.27. The van der Waals surface area contributed by atoms with E-state index in [1.165, 1.54) is 12.3 Å². The first-order valence-electron chi connectivity index (χ1n) is 19.4. The molecule has 7 amide bonds. The summed E-state index contributed by atoms with van der Waals surface area (Å²) in [4.78, 5) is 94.3. The Bertz CT molecular complexity index is 2530. The van der Waals surface area contributed by atoms with Crippen LogP contribution in [0.4, 0.5) is 17.1 Å². The van der Waals surface area contributed by atoms with Gasteiger partial charge in [0, 0.05) is 66.7 Å². The number of hydrogen-bond donors (Lipinski definition) is 6. The number of rotatable bonds is 15. The fourth-order valence-electron chi connectivity index (χ4n) is 7.20. The van der Waals surface area contributed by atoms with Crippen LogP contribution in [0.2, 0.25) is 0 Å². The first-order chi connectivity index (χ1) is 29.1. The number of nitrogens with zero attached hydrogens (tertiary/aromatic N) is 2. The van der Waals surface area contributed by atoms with Crippen molar-refractivity contribution in [2.45, 2.75) is 31.7 Å². The van der Waals surface area contributed by atoms with E-state index >= 15 is 0 Å². The second-order valence-corrected chi connectivity index (χ2v) is 14.1. The second kappa shape index (κ2) is 17.9. The Kier molecular flexibility index (Phi) is 12.1. The molecule has 2 aliphatic rings. The molecule has 6 N–H and O–H groups in total. The highest BCUT2D eigenvalue weighted by molar-refractivity contribution is 6.25. The van der Waals surface area contributed by atoms with E-state index in [0.717, 1.165) is 21.7 Å². The zero-order chi connectivity index (χ0) is 42.3. The third-order valence-corrected chi connectivity index (χ3v) is 10.3. The molecule has 2 aliphatic heterocycles. The van der Waals surface area contributed by atoms with Gasteiger partial charge in [-0.15, -0.1) is 0 Å². The van der Waals surface area contributed by atoms with E-state index < -0.39 is 29.7 Å². The lowest BCUT2D eigenvalue weighted by Crippen LogP contribution is -2.54. The minimum Gasteiger partial charge on any atom is -0.496 e. The van der Waals surface area contributed by atoms with Crippen molar-refractivity contribution in [2.24, 2.45) is 0 Å². The van der Waals surface area contributed by atoms with Crippen LogP contribution >= 0.6 is 0 Å². The smallest absolute Gasteiger partial charge is 0.264 e. The maximum atomic E-state index is 13.3. The Labute approximate surface area is 344 Å². The van der Waals surface area contributed by atoms with Gasteiger partial charge in [-0.3, -0.25) is 48.8 Å². The van der Waals surface area contributed by atoms with Crippen molar-refractivity contribution in [3.8, 4) is 16.9 Å². The van der Waals surface area contributed by atoms with Gasteiger partial charge in [0.2, 0.25) is 17.7 Å². The van der Waals surface area contributed by atoms with E-state index in [0.29, 0.717) is 59.4 Å². The molecule has 1 atom stereocenters. The van der Waals surface area contributed by atoms with Gasteiger partial charge in [-0.2, -0.15) is 0 Å². The number of para-hydroxylation sites is 1. The third kappa shape index (κ3) is 8.48. The average molecular weight is 811 g/mol. The van der Waals surface area contributed by atoms with Crippen molar-refractivity contribution in [1.82, 2.24) is 31.2 Å². The van der Waals surface area contributed by atoms with Crippen LogP contribution in [-0.2, 0) is 14.4 Å². The Hall–Kier alpha value is -7.62. The van der Waals surface area contributed by atoms with E-state index in [1.54, 1.807) is 38.4 Å². The maximum Gasteiger partial charge on any atom is 0.264 e. The number of piperidine rings is 1. The lowest BCUT2D eigenvalue weighted by molar-refractivity contribution is -0.136. The maximum absolute atomic E-state index is 13.3. The Balaban J connectivity index is 0.905. The molecule has 1 aromatic heterocycles. The fourth-order valence-corrected chi connectivity index (χ4v) is 7.20. The number of carbonyl (C=O) groups excluding carboxylic acids is 7. The molecule has 0 bridgehead atoms. The van der Waals surface area contributed by atoms with Gasteiger partial charge in [0.1, 0.15) is 11.8 Å². The van der Waals surface area contributed by atoms with Gasteiger partial charge in [-0.25, -0.2) is 0 Å². The molecule has 16 nitrogen and oxygen atoms in total. The molecule has 1 fully saturated rings. The number of amides is 7. The summed E-state index contributed by atoms with van der Waals surface area (Å²) >= 11 is 0. The SMILES string of the molecule is CNC(=O)c1cnc2cc(OC)c(-c3ccc(C(=O)NCCCCNC(=O)CNc4cccc5c4C(=O)N(C4CCC(=O)NC4=O)C5=O)cc3)cc2c1Nc1ccccc1. The number of anilines is 3. The van der Waals surface area contributed by atoms with Crippen LogP contribution in [0, 0.1) is 0 Å². The van der Waals surface area contributed by atoms with Crippen LogP contribution in [-0.4, -0.2) is 91.1 Å². The number of ether oxygens (including phenoxy) is 1. The molecule has 16 heteroatoms. The molecule has 5 aromatic rings. The first-order valence-corrected chi connectivity index (χ1v) is 19.4. The van der Waals surface area contributed by atoms with Gasteiger partial charge < -0.3 is 31.3 Å². The van der Waals surface area contributed by atoms with Crippen molar-refractivity contribution in [3.05, 3.63) is 113 Å². The molecule has 306 valence electrons. The number of aromatic nitrogens is 1. The number of nitrogens with one attached hydrogen (secondary N) is 6. The van der Waals surface area contributed by atoms with Gasteiger partial charge in [0.05, 0.1) is 41.5 Å². The Morgan fingerprint density at radius 3 is 2.32 bits per heavy atom. The molecular formula is C44H42N8O8. The molecule has 7 rings (SSSR count). The number of imide groups is 2. The quantitative estimate of drug-likeness (QED) is 0.0652. The molecule has 0 aliphatic carbocycles. The number of carbonyl (C=O) groups is 7. The van der Waals surface area contributed by atoms with Crippen LogP contribution in [0.3, 0.4) is 0 Å². The number of unbranched alkanes of at least 4 members (excludes halogenated alkanes) is 1. The fraction of sp³-hybridized carbons (Fsp3) is 0.227. The van der Waals surface area contributed by atoms with E-state index in [1.807, 2.05) is 54.6 Å². The summed E-state index contributed by atoms with van der Waals surface area (Å²) in [6, 6.07) is 23.9. The molecule has 1 unspecified atom stereocenters. The predicted octanol–water partition coefficient (Wildman–Crippen LogP) is 4.15. The van der Waals surface area contributed by atoms with Gasteiger partial charge in [0.15, 0.2) is 0 Å². The van der Waals surface area contributed by atoms with E-state index in [-0.39, 0.29) is 53.9 Å². The topological polar surface area (TPSA) is 217 Å². The normalized spacial score (nSPS) is 14.6. The number of methoxy groups -OCH3 is 1. The Morgan fingerprint density at radius 2 is 1.60 bits per heavy atom. The van der Waals surface area contributed by atoms with Gasteiger partial charge in [0.25, 0.3) is 23.6 Å². The minimum absolute atomic E-state index is 0.0124. The molecule has 3 heterocycles. The van der Waals surface area contributed by atoms with Crippen molar-refractivity contribution in [3.63, 3.8) is 0 Å². The summed E-state index contributed by atoms with van der Waals surface area (Å²) in [5.74, 6) is -2.77. The molecule has 4 aromatic carbocycles. The highest BCUT2D eigenvalue weighted by atomic mass is 16.5. The summed E-state index contributed by atoms with van der Waals surface area (Å²) < 4.78 is 5.74. The molecule has 0 radical (unpaired) electrons. The highest BCUT2D eigenvalue weighted by Crippen LogP contribution is 2.38. The zero-order valence-corrected chi connectivity index (χ0v) is 32.8. The molecule has 0 spiro atoms. The first kappa shape index (κ1) is 40.6. The van der Waals surface area contributed by atoms with Crippen LogP contribution in [0.15, 0.2) is 91.1 Å². The summed E-state index contributed by atoms with van der Waals surface area (Å²) in [6.07, 6.45) is 2.76. The molecule has 1 saturated heterocycles. The number of benzene rings is 4. The largest absolute Gasteiger partial charge is 0.496 e. The van der Waals surface area contributed by atoms with E-state index in [9.17, 15) is 33.6 Å². The van der Waals surface area contributed by atoms with Gasteiger partial charge in [-0.05, 0) is 67.3 Å². The zero-order valence-electron chi connectivity index (χ0n) is 32.8. The number of fused-ring (bicyclic) bond motifs is 2. The molecule has 60 heavy (non-hydrogen) atoms.